The molecular weight excluding hydrogens is 270 g/mol. The van der Waals surface area contributed by atoms with Crippen molar-refractivity contribution in [2.45, 2.75) is 52.4 Å². The Morgan fingerprint density at radius 1 is 1.09 bits per heavy atom. The molecule has 0 N–H and O–H groups in total. The molecule has 1 unspecified atom stereocenters. The van der Waals surface area contributed by atoms with Crippen LogP contribution in [0.15, 0.2) is 35.0 Å². The normalized spacial score (nSPS) is 22.6. The van der Waals surface area contributed by atoms with E-state index in [1.807, 2.05) is 12.1 Å². The van der Waals surface area contributed by atoms with E-state index < -0.39 is 0 Å². The van der Waals surface area contributed by atoms with Gasteiger partial charge in [-0.3, -0.25) is 0 Å². The van der Waals surface area contributed by atoms with E-state index in [1.54, 1.807) is 6.20 Å². The highest BCUT2D eigenvalue weighted by Gasteiger charge is 2.48. The Balaban J connectivity index is 2.08. The molecule has 0 bridgehead atoms. The molecule has 1 atom stereocenters. The Labute approximate surface area is 133 Å². The molecule has 0 amide bonds. The lowest BCUT2D eigenvalue weighted by atomic mass is 9.71. The van der Waals surface area contributed by atoms with E-state index in [0.717, 1.165) is 5.76 Å². The van der Waals surface area contributed by atoms with Crippen LogP contribution in [0, 0.1) is 5.92 Å². The first kappa shape index (κ1) is 15.1. The van der Waals surface area contributed by atoms with Crippen molar-refractivity contribution in [1.82, 2.24) is 5.16 Å². The number of fused-ring (bicyclic) bond motifs is 1. The smallest absolute Gasteiger partial charge is 0.159 e. The van der Waals surface area contributed by atoms with Crippen molar-refractivity contribution in [3.8, 4) is 0 Å². The summed E-state index contributed by atoms with van der Waals surface area (Å²) >= 11 is 0. The molecule has 2 heteroatoms. The zero-order chi connectivity index (χ0) is 16.1. The van der Waals surface area contributed by atoms with Crippen LogP contribution in [0.2, 0.25) is 0 Å². The molecule has 1 aromatic carbocycles. The third kappa shape index (κ3) is 2.13. The second kappa shape index (κ2) is 4.84. The number of benzene rings is 1. The maximum absolute atomic E-state index is 5.18. The summed E-state index contributed by atoms with van der Waals surface area (Å²) in [6, 6.07) is 8.79. The number of aromatic nitrogens is 1. The lowest BCUT2D eigenvalue weighted by Crippen LogP contribution is -2.30. The summed E-state index contributed by atoms with van der Waals surface area (Å²) in [7, 11) is 0. The van der Waals surface area contributed by atoms with Gasteiger partial charge in [-0.2, -0.15) is 0 Å². The van der Waals surface area contributed by atoms with Gasteiger partial charge in [-0.1, -0.05) is 58.0 Å². The van der Waals surface area contributed by atoms with Crippen molar-refractivity contribution < 1.29 is 4.52 Å². The molecule has 1 aromatic heterocycles. The van der Waals surface area contributed by atoms with Gasteiger partial charge in [0.15, 0.2) is 5.76 Å². The molecule has 0 saturated carbocycles. The monoisotopic (exact) mass is 295 g/mol. The van der Waals surface area contributed by atoms with Gasteiger partial charge in [0, 0.05) is 6.07 Å². The maximum Gasteiger partial charge on any atom is 0.159 e. The topological polar surface area (TPSA) is 26.0 Å². The summed E-state index contributed by atoms with van der Waals surface area (Å²) in [6.07, 6.45) is 3.72. The quantitative estimate of drug-likeness (QED) is 0.737. The van der Waals surface area contributed by atoms with Crippen LogP contribution >= 0.6 is 0 Å². The second-order valence-corrected chi connectivity index (χ2v) is 7.67. The number of allylic oxidation sites excluding steroid dienone is 1. The number of hydrogen-bond acceptors (Lipinski definition) is 2. The molecular formula is C20H25NO. The molecule has 3 rings (SSSR count). The molecule has 1 aliphatic rings. The first-order valence-electron chi connectivity index (χ1n) is 7.99. The fourth-order valence-electron chi connectivity index (χ4n) is 3.85. The lowest BCUT2D eigenvalue weighted by Gasteiger charge is -2.32. The lowest BCUT2D eigenvalue weighted by molar-refractivity contribution is 0.264. The van der Waals surface area contributed by atoms with E-state index in [-0.39, 0.29) is 10.8 Å². The van der Waals surface area contributed by atoms with Gasteiger partial charge in [0.1, 0.15) is 0 Å². The van der Waals surface area contributed by atoms with Gasteiger partial charge in [-0.25, -0.2) is 0 Å². The summed E-state index contributed by atoms with van der Waals surface area (Å²) in [5.41, 5.74) is 5.84. The van der Waals surface area contributed by atoms with Crippen LogP contribution in [0.1, 0.15) is 64.0 Å². The number of nitrogens with zero attached hydrogens (tertiary/aromatic N) is 1. The van der Waals surface area contributed by atoms with Crippen molar-refractivity contribution in [3.05, 3.63) is 52.9 Å². The van der Waals surface area contributed by atoms with Crippen LogP contribution in [0.5, 0.6) is 0 Å². The Morgan fingerprint density at radius 2 is 1.77 bits per heavy atom. The highest BCUT2D eigenvalue weighted by atomic mass is 16.5. The molecule has 22 heavy (non-hydrogen) atoms. The average Bonchev–Trinajstić information content (AvgIpc) is 3.02. The minimum Gasteiger partial charge on any atom is -0.357 e. The van der Waals surface area contributed by atoms with Crippen molar-refractivity contribution in [2.75, 3.05) is 0 Å². The molecule has 2 nitrogen and oxygen atoms in total. The first-order valence-corrected chi connectivity index (χ1v) is 7.99. The molecule has 0 fully saturated rings. The predicted octanol–water partition coefficient (Wildman–Crippen LogP) is 5.44. The molecule has 0 aliphatic heterocycles. The maximum atomic E-state index is 5.18. The van der Waals surface area contributed by atoms with Crippen LogP contribution < -0.4 is 0 Å². The van der Waals surface area contributed by atoms with Gasteiger partial charge in [0.25, 0.3) is 0 Å². The van der Waals surface area contributed by atoms with Gasteiger partial charge < -0.3 is 4.52 Å². The van der Waals surface area contributed by atoms with Crippen molar-refractivity contribution in [1.29, 1.82) is 0 Å². The van der Waals surface area contributed by atoms with Crippen LogP contribution in [0.4, 0.5) is 0 Å². The Bertz CT molecular complexity index is 720. The standard InChI is InChI=1S/C20H25NO/c1-13(11-16-9-10-21-22-16)15-7-8-17-18(12-15)20(5,6)14(2)19(17,3)4/h7-12,14H,1-6H3. The van der Waals surface area contributed by atoms with E-state index in [0.29, 0.717) is 5.92 Å². The van der Waals surface area contributed by atoms with E-state index >= 15 is 0 Å². The van der Waals surface area contributed by atoms with Gasteiger partial charge in [0.2, 0.25) is 0 Å². The molecule has 116 valence electrons. The fraction of sp³-hybridized carbons (Fsp3) is 0.450. The van der Waals surface area contributed by atoms with Crippen LogP contribution in [0.3, 0.4) is 0 Å². The number of hydrogen-bond donors (Lipinski definition) is 0. The first-order chi connectivity index (χ1) is 10.2. The van der Waals surface area contributed by atoms with Gasteiger partial charge in [0.05, 0.1) is 6.20 Å². The van der Waals surface area contributed by atoms with E-state index in [2.05, 4.69) is 64.9 Å². The summed E-state index contributed by atoms with van der Waals surface area (Å²) < 4.78 is 5.18. The summed E-state index contributed by atoms with van der Waals surface area (Å²) in [6.45, 7) is 14.0. The van der Waals surface area contributed by atoms with Gasteiger partial charge in [-0.05, 0) is 52.0 Å². The molecule has 0 spiro atoms. The fourth-order valence-corrected chi connectivity index (χ4v) is 3.85. The Morgan fingerprint density at radius 3 is 2.41 bits per heavy atom. The molecule has 1 heterocycles. The second-order valence-electron chi connectivity index (χ2n) is 7.67. The largest absolute Gasteiger partial charge is 0.357 e. The van der Waals surface area contributed by atoms with Crippen molar-refractivity contribution in [2.24, 2.45) is 5.92 Å². The Kier molecular flexibility index (Phi) is 3.32. The highest BCUT2D eigenvalue weighted by molar-refractivity contribution is 5.79. The zero-order valence-electron chi connectivity index (χ0n) is 14.4. The van der Waals surface area contributed by atoms with Crippen LogP contribution in [-0.2, 0) is 10.8 Å². The third-order valence-electron chi connectivity index (χ3n) is 5.84. The van der Waals surface area contributed by atoms with Crippen LogP contribution in [0.25, 0.3) is 11.6 Å². The predicted molar refractivity (Wildman–Crippen MR) is 91.7 cm³/mol. The van der Waals surface area contributed by atoms with Gasteiger partial charge >= 0.3 is 0 Å². The zero-order valence-corrected chi connectivity index (χ0v) is 14.4. The van der Waals surface area contributed by atoms with Gasteiger partial charge in [-0.15, -0.1) is 0 Å². The van der Waals surface area contributed by atoms with Crippen molar-refractivity contribution >= 4 is 11.6 Å². The minimum absolute atomic E-state index is 0.196. The number of rotatable bonds is 2. The highest BCUT2D eigenvalue weighted by Crippen LogP contribution is 2.53. The Hall–Kier alpha value is -1.83. The molecule has 2 aromatic rings. The van der Waals surface area contributed by atoms with E-state index in [4.69, 9.17) is 4.52 Å². The minimum atomic E-state index is 0.196. The van der Waals surface area contributed by atoms with E-state index in [9.17, 15) is 0 Å². The summed E-state index contributed by atoms with van der Waals surface area (Å²) in [5.74, 6) is 1.41. The van der Waals surface area contributed by atoms with Crippen LogP contribution in [-0.4, -0.2) is 5.16 Å². The molecule has 0 radical (unpaired) electrons. The molecule has 1 aliphatic carbocycles. The summed E-state index contributed by atoms with van der Waals surface area (Å²) in [5, 5.41) is 3.76. The summed E-state index contributed by atoms with van der Waals surface area (Å²) in [4.78, 5) is 0. The SMILES string of the molecule is CC(=Cc1ccno1)c1ccc2c(c1)C(C)(C)C(C)C2(C)C. The van der Waals surface area contributed by atoms with E-state index in [1.165, 1.54) is 22.3 Å². The third-order valence-corrected chi connectivity index (χ3v) is 5.84. The molecule has 0 saturated heterocycles. The van der Waals surface area contributed by atoms with Crippen molar-refractivity contribution in [3.63, 3.8) is 0 Å². The average molecular weight is 295 g/mol.